The summed E-state index contributed by atoms with van der Waals surface area (Å²) in [7, 11) is 3.34. The molecule has 0 spiro atoms. The van der Waals surface area contributed by atoms with Crippen LogP contribution in [0.3, 0.4) is 0 Å². The Labute approximate surface area is 112 Å². The van der Waals surface area contributed by atoms with Crippen molar-refractivity contribution in [2.75, 3.05) is 14.2 Å². The number of carbonyl (C=O) groups is 1. The highest BCUT2D eigenvalue weighted by Crippen LogP contribution is 2.22. The van der Waals surface area contributed by atoms with Gasteiger partial charge in [-0.2, -0.15) is 0 Å². The highest BCUT2D eigenvalue weighted by molar-refractivity contribution is 5.94. The summed E-state index contributed by atoms with van der Waals surface area (Å²) in [6.07, 6.45) is 1.61. The summed E-state index contributed by atoms with van der Waals surface area (Å²) >= 11 is 0. The monoisotopic (exact) mass is 259 g/mol. The lowest BCUT2D eigenvalue weighted by molar-refractivity contribution is 0.0726. The van der Waals surface area contributed by atoms with Crippen molar-refractivity contribution in [3.05, 3.63) is 54.0 Å². The van der Waals surface area contributed by atoms with Gasteiger partial charge in [-0.1, -0.05) is 6.07 Å². The van der Waals surface area contributed by atoms with Crippen molar-refractivity contribution in [3.63, 3.8) is 0 Å². The number of hydrogen-bond acceptors (Lipinski definition) is 3. The SMILES string of the molecule is COc1cccc(C(=O)N(C)[C@@H](C)c2ccco2)c1. The van der Waals surface area contributed by atoms with E-state index in [2.05, 4.69) is 0 Å². The van der Waals surface area contributed by atoms with E-state index >= 15 is 0 Å². The molecule has 1 heterocycles. The zero-order valence-electron chi connectivity index (χ0n) is 11.3. The fourth-order valence-electron chi connectivity index (χ4n) is 1.86. The Morgan fingerprint density at radius 2 is 2.11 bits per heavy atom. The first-order chi connectivity index (χ1) is 9.13. The molecule has 1 amide bonds. The Kier molecular flexibility index (Phi) is 3.90. The molecule has 0 aliphatic heterocycles. The van der Waals surface area contributed by atoms with E-state index < -0.39 is 0 Å². The van der Waals surface area contributed by atoms with Gasteiger partial charge in [-0.15, -0.1) is 0 Å². The van der Waals surface area contributed by atoms with Crippen LogP contribution in [0.15, 0.2) is 47.1 Å². The quantitative estimate of drug-likeness (QED) is 0.847. The number of methoxy groups -OCH3 is 1. The van der Waals surface area contributed by atoms with E-state index in [-0.39, 0.29) is 11.9 Å². The predicted octanol–water partition coefficient (Wildman–Crippen LogP) is 3.12. The molecular weight excluding hydrogens is 242 g/mol. The Balaban J connectivity index is 2.18. The van der Waals surface area contributed by atoms with E-state index in [9.17, 15) is 4.79 Å². The maximum Gasteiger partial charge on any atom is 0.254 e. The molecule has 2 rings (SSSR count). The van der Waals surface area contributed by atoms with Crippen molar-refractivity contribution in [1.82, 2.24) is 4.90 Å². The van der Waals surface area contributed by atoms with Crippen LogP contribution in [0, 0.1) is 0 Å². The molecule has 4 heteroatoms. The van der Waals surface area contributed by atoms with Crippen molar-refractivity contribution >= 4 is 5.91 Å². The smallest absolute Gasteiger partial charge is 0.254 e. The summed E-state index contributed by atoms with van der Waals surface area (Å²) < 4.78 is 10.5. The number of rotatable bonds is 4. The second kappa shape index (κ2) is 5.61. The summed E-state index contributed by atoms with van der Waals surface area (Å²) in [6, 6.07) is 10.7. The largest absolute Gasteiger partial charge is 0.497 e. The average molecular weight is 259 g/mol. The van der Waals surface area contributed by atoms with Crippen LogP contribution in [0.4, 0.5) is 0 Å². The molecule has 0 bridgehead atoms. The molecular formula is C15H17NO3. The number of ether oxygens (including phenoxy) is 1. The lowest BCUT2D eigenvalue weighted by atomic mass is 10.1. The van der Waals surface area contributed by atoms with E-state index in [0.29, 0.717) is 11.3 Å². The molecule has 0 saturated heterocycles. The van der Waals surface area contributed by atoms with Crippen LogP contribution in [0.2, 0.25) is 0 Å². The zero-order valence-corrected chi connectivity index (χ0v) is 11.3. The van der Waals surface area contributed by atoms with Crippen molar-refractivity contribution < 1.29 is 13.9 Å². The molecule has 0 N–H and O–H groups in total. The summed E-state index contributed by atoms with van der Waals surface area (Å²) in [5.74, 6) is 1.37. The van der Waals surface area contributed by atoms with Crippen molar-refractivity contribution in [2.24, 2.45) is 0 Å². The highest BCUT2D eigenvalue weighted by Gasteiger charge is 2.20. The molecule has 4 nitrogen and oxygen atoms in total. The Bertz CT molecular complexity index is 548. The minimum Gasteiger partial charge on any atom is -0.497 e. The van der Waals surface area contributed by atoms with Gasteiger partial charge in [-0.25, -0.2) is 0 Å². The molecule has 0 aliphatic rings. The van der Waals surface area contributed by atoms with E-state index in [4.69, 9.17) is 9.15 Å². The molecule has 1 aromatic carbocycles. The van der Waals surface area contributed by atoms with Gasteiger partial charge in [0.1, 0.15) is 11.5 Å². The summed E-state index contributed by atoms with van der Waals surface area (Å²) in [5.41, 5.74) is 0.597. The van der Waals surface area contributed by atoms with Gasteiger partial charge in [0.05, 0.1) is 19.4 Å². The normalized spacial score (nSPS) is 11.9. The van der Waals surface area contributed by atoms with Gasteiger partial charge in [0, 0.05) is 12.6 Å². The van der Waals surface area contributed by atoms with Gasteiger partial charge >= 0.3 is 0 Å². The number of amides is 1. The first-order valence-electron chi connectivity index (χ1n) is 6.08. The lowest BCUT2D eigenvalue weighted by Gasteiger charge is -2.23. The maximum atomic E-state index is 12.4. The van der Waals surface area contributed by atoms with Crippen LogP contribution < -0.4 is 4.74 Å². The molecule has 0 unspecified atom stereocenters. The van der Waals surface area contributed by atoms with Gasteiger partial charge in [0.25, 0.3) is 5.91 Å². The Morgan fingerprint density at radius 1 is 1.32 bits per heavy atom. The van der Waals surface area contributed by atoms with Crippen LogP contribution in [0.1, 0.15) is 29.1 Å². The van der Waals surface area contributed by atoms with Crippen LogP contribution >= 0.6 is 0 Å². The molecule has 1 atom stereocenters. The van der Waals surface area contributed by atoms with Crippen molar-refractivity contribution in [3.8, 4) is 5.75 Å². The molecule has 2 aromatic rings. The van der Waals surface area contributed by atoms with Crippen LogP contribution in [-0.2, 0) is 0 Å². The zero-order chi connectivity index (χ0) is 13.8. The van der Waals surface area contributed by atoms with Crippen molar-refractivity contribution in [2.45, 2.75) is 13.0 Å². The molecule has 1 aromatic heterocycles. The van der Waals surface area contributed by atoms with Gasteiger partial charge in [-0.3, -0.25) is 4.79 Å². The van der Waals surface area contributed by atoms with Gasteiger partial charge in [0.15, 0.2) is 0 Å². The number of nitrogens with zero attached hydrogens (tertiary/aromatic N) is 1. The average Bonchev–Trinajstić information content (AvgIpc) is 2.99. The second-order valence-corrected chi connectivity index (χ2v) is 4.34. The van der Waals surface area contributed by atoms with E-state index in [1.165, 1.54) is 0 Å². The molecule has 100 valence electrons. The molecule has 0 fully saturated rings. The second-order valence-electron chi connectivity index (χ2n) is 4.34. The minimum atomic E-state index is -0.117. The molecule has 19 heavy (non-hydrogen) atoms. The number of furan rings is 1. The summed E-state index contributed by atoms with van der Waals surface area (Å²) in [6.45, 7) is 1.93. The summed E-state index contributed by atoms with van der Waals surface area (Å²) in [5, 5.41) is 0. The third-order valence-corrected chi connectivity index (χ3v) is 3.17. The Hall–Kier alpha value is -2.23. The first-order valence-corrected chi connectivity index (χ1v) is 6.08. The molecule has 0 saturated carbocycles. The third kappa shape index (κ3) is 2.78. The number of carbonyl (C=O) groups excluding carboxylic acids is 1. The predicted molar refractivity (Wildman–Crippen MR) is 72.2 cm³/mol. The van der Waals surface area contributed by atoms with Crippen LogP contribution in [-0.4, -0.2) is 25.0 Å². The Morgan fingerprint density at radius 3 is 2.74 bits per heavy atom. The third-order valence-electron chi connectivity index (χ3n) is 3.17. The topological polar surface area (TPSA) is 42.7 Å². The molecule has 0 aliphatic carbocycles. The van der Waals surface area contributed by atoms with E-state index in [0.717, 1.165) is 5.76 Å². The maximum absolute atomic E-state index is 12.4. The van der Waals surface area contributed by atoms with Crippen LogP contribution in [0.5, 0.6) is 5.75 Å². The van der Waals surface area contributed by atoms with E-state index in [1.807, 2.05) is 25.1 Å². The standard InChI is InChI=1S/C15H17NO3/c1-11(14-8-5-9-19-14)16(2)15(17)12-6-4-7-13(10-12)18-3/h4-11H,1-3H3/t11-/m0/s1. The molecule has 0 radical (unpaired) electrons. The number of benzene rings is 1. The minimum absolute atomic E-state index is 0.0669. The van der Waals surface area contributed by atoms with Gasteiger partial charge < -0.3 is 14.1 Å². The van der Waals surface area contributed by atoms with E-state index in [1.54, 1.807) is 43.5 Å². The fourth-order valence-corrected chi connectivity index (χ4v) is 1.86. The fraction of sp³-hybridized carbons (Fsp3) is 0.267. The van der Waals surface area contributed by atoms with Crippen LogP contribution in [0.25, 0.3) is 0 Å². The number of hydrogen-bond donors (Lipinski definition) is 0. The highest BCUT2D eigenvalue weighted by atomic mass is 16.5. The first kappa shape index (κ1) is 13.2. The van der Waals surface area contributed by atoms with Gasteiger partial charge in [-0.05, 0) is 37.3 Å². The summed E-state index contributed by atoms with van der Waals surface area (Å²) in [4.78, 5) is 14.0. The lowest BCUT2D eigenvalue weighted by Crippen LogP contribution is -2.29. The van der Waals surface area contributed by atoms with Crippen molar-refractivity contribution in [1.29, 1.82) is 0 Å². The van der Waals surface area contributed by atoms with Gasteiger partial charge in [0.2, 0.25) is 0 Å².